The van der Waals surface area contributed by atoms with Crippen LogP contribution in [0.3, 0.4) is 0 Å². The van der Waals surface area contributed by atoms with Crippen molar-refractivity contribution in [3.63, 3.8) is 0 Å². The van der Waals surface area contributed by atoms with E-state index in [0.29, 0.717) is 9.76 Å². The maximum Gasteiger partial charge on any atom is 0.231 e. The highest BCUT2D eigenvalue weighted by Crippen LogP contribution is 2.30. The lowest BCUT2D eigenvalue weighted by Gasteiger charge is -2.11. The fourth-order valence-corrected chi connectivity index (χ4v) is 2.72. The Kier molecular flexibility index (Phi) is 3.75. The zero-order chi connectivity index (χ0) is 10.5. The number of fused-ring (bicyclic) bond motifs is 1. The molecule has 2 radical (unpaired) electrons. The van der Waals surface area contributed by atoms with E-state index >= 15 is 0 Å². The fraction of sp³-hybridized carbons (Fsp3) is 0.385. The molecule has 15 heavy (non-hydrogen) atoms. The predicted molar refractivity (Wildman–Crippen MR) is 64.8 cm³/mol. The van der Waals surface area contributed by atoms with E-state index in [1.165, 1.54) is 30.0 Å². The molecule has 0 amide bonds. The first-order valence-electron chi connectivity index (χ1n) is 5.57. The number of unbranched alkanes of at least 4 members (excludes halogenated alkanes) is 1. The Bertz CT molecular complexity index is 346. The molecule has 1 unspecified atom stereocenters. The second kappa shape index (κ2) is 5.28. The Balaban J connectivity index is 1.88. The Morgan fingerprint density at radius 1 is 1.33 bits per heavy atom. The summed E-state index contributed by atoms with van der Waals surface area (Å²) in [6.45, 7) is 2.22. The van der Waals surface area contributed by atoms with Crippen molar-refractivity contribution >= 4 is 15.8 Å². The Labute approximate surface area is 94.1 Å². The van der Waals surface area contributed by atoms with E-state index < -0.39 is 0 Å². The van der Waals surface area contributed by atoms with Gasteiger partial charge in [-0.25, -0.2) is 0 Å². The van der Waals surface area contributed by atoms with E-state index in [9.17, 15) is 0 Å². The number of hydrogen-bond donors (Lipinski definition) is 0. The standard InChI is InChI=1S/C13H16OSi/c1-2-3-10-15-14-13-9-8-11-6-4-5-7-12(11)13/h4-9,13H,2-3,10H2,1H3. The lowest BCUT2D eigenvalue weighted by atomic mass is 10.1. The van der Waals surface area contributed by atoms with Gasteiger partial charge in [0.05, 0.1) is 6.10 Å². The third-order valence-corrected chi connectivity index (χ3v) is 3.57. The summed E-state index contributed by atoms with van der Waals surface area (Å²) in [5, 5.41) is 0. The van der Waals surface area contributed by atoms with Crippen molar-refractivity contribution in [1.82, 2.24) is 0 Å². The van der Waals surface area contributed by atoms with Crippen LogP contribution in [0, 0.1) is 0 Å². The van der Waals surface area contributed by atoms with Crippen LogP contribution >= 0.6 is 0 Å². The summed E-state index contributed by atoms with van der Waals surface area (Å²) < 4.78 is 5.87. The highest BCUT2D eigenvalue weighted by molar-refractivity contribution is 6.27. The van der Waals surface area contributed by atoms with Gasteiger partial charge in [-0.15, -0.1) is 0 Å². The van der Waals surface area contributed by atoms with Gasteiger partial charge in [0, 0.05) is 0 Å². The second-order valence-corrected chi connectivity index (χ2v) is 4.80. The van der Waals surface area contributed by atoms with Crippen LogP contribution in [0.15, 0.2) is 30.3 Å². The van der Waals surface area contributed by atoms with Crippen molar-refractivity contribution in [2.75, 3.05) is 0 Å². The second-order valence-electron chi connectivity index (χ2n) is 3.77. The summed E-state index contributed by atoms with van der Waals surface area (Å²) in [4.78, 5) is 0. The minimum atomic E-state index is 0.205. The molecule has 1 aromatic rings. The number of hydrogen-bond acceptors (Lipinski definition) is 1. The van der Waals surface area contributed by atoms with Gasteiger partial charge in [0.25, 0.3) is 0 Å². The molecule has 0 saturated heterocycles. The van der Waals surface area contributed by atoms with E-state index in [1.54, 1.807) is 0 Å². The molecule has 1 aliphatic rings. The molecule has 0 aliphatic heterocycles. The largest absolute Gasteiger partial charge is 0.407 e. The fourth-order valence-electron chi connectivity index (χ4n) is 1.72. The van der Waals surface area contributed by atoms with Crippen molar-refractivity contribution in [3.05, 3.63) is 41.5 Å². The summed E-state index contributed by atoms with van der Waals surface area (Å²) >= 11 is 0. The molecular weight excluding hydrogens is 200 g/mol. The van der Waals surface area contributed by atoms with Crippen LogP contribution in [0.1, 0.15) is 37.0 Å². The molecule has 1 aliphatic carbocycles. The smallest absolute Gasteiger partial charge is 0.231 e. The summed E-state index contributed by atoms with van der Waals surface area (Å²) in [5.74, 6) is 0. The van der Waals surface area contributed by atoms with E-state index in [4.69, 9.17) is 4.43 Å². The summed E-state index contributed by atoms with van der Waals surface area (Å²) in [6.07, 6.45) is 7.05. The van der Waals surface area contributed by atoms with Crippen LogP contribution < -0.4 is 0 Å². The highest BCUT2D eigenvalue weighted by Gasteiger charge is 2.16. The third kappa shape index (κ3) is 2.58. The zero-order valence-electron chi connectivity index (χ0n) is 9.07. The van der Waals surface area contributed by atoms with Crippen molar-refractivity contribution in [2.24, 2.45) is 0 Å². The number of benzene rings is 1. The summed E-state index contributed by atoms with van der Waals surface area (Å²) in [5.41, 5.74) is 2.63. The third-order valence-electron chi connectivity index (χ3n) is 2.60. The lowest BCUT2D eigenvalue weighted by molar-refractivity contribution is 0.272. The molecule has 0 saturated carbocycles. The average molecular weight is 216 g/mol. The van der Waals surface area contributed by atoms with Gasteiger partial charge >= 0.3 is 0 Å². The maximum absolute atomic E-state index is 5.87. The SMILES string of the molecule is CCCC[Si]OC1C=Cc2ccccc21. The maximum atomic E-state index is 5.87. The molecule has 1 nitrogen and oxygen atoms in total. The van der Waals surface area contributed by atoms with Gasteiger partial charge in [-0.05, 0) is 17.2 Å². The van der Waals surface area contributed by atoms with E-state index in [0.717, 1.165) is 0 Å². The van der Waals surface area contributed by atoms with Gasteiger partial charge in [0.15, 0.2) is 0 Å². The molecule has 0 bridgehead atoms. The van der Waals surface area contributed by atoms with Gasteiger partial charge in [-0.1, -0.05) is 56.2 Å². The monoisotopic (exact) mass is 216 g/mol. The Hall–Kier alpha value is -0.863. The molecule has 0 aromatic heterocycles. The first kappa shape index (κ1) is 10.6. The first-order chi connectivity index (χ1) is 7.42. The minimum absolute atomic E-state index is 0.205. The van der Waals surface area contributed by atoms with Crippen molar-refractivity contribution < 1.29 is 4.43 Å². The van der Waals surface area contributed by atoms with Gasteiger partial charge < -0.3 is 4.43 Å². The van der Waals surface area contributed by atoms with E-state index in [1.807, 2.05) is 0 Å². The topological polar surface area (TPSA) is 9.23 Å². The van der Waals surface area contributed by atoms with Gasteiger partial charge in [-0.2, -0.15) is 0 Å². The van der Waals surface area contributed by atoms with Gasteiger partial charge in [-0.3, -0.25) is 0 Å². The molecule has 0 N–H and O–H groups in total. The average Bonchev–Trinajstić information content (AvgIpc) is 2.68. The minimum Gasteiger partial charge on any atom is -0.407 e. The normalized spacial score (nSPS) is 18.1. The van der Waals surface area contributed by atoms with Crippen LogP contribution in [-0.4, -0.2) is 9.76 Å². The van der Waals surface area contributed by atoms with Crippen LogP contribution in [0.4, 0.5) is 0 Å². The zero-order valence-corrected chi connectivity index (χ0v) is 10.1. The van der Waals surface area contributed by atoms with Gasteiger partial charge in [0.2, 0.25) is 9.76 Å². The van der Waals surface area contributed by atoms with Gasteiger partial charge in [0.1, 0.15) is 0 Å². The first-order valence-corrected chi connectivity index (χ1v) is 6.69. The van der Waals surface area contributed by atoms with Crippen molar-refractivity contribution in [1.29, 1.82) is 0 Å². The van der Waals surface area contributed by atoms with Crippen LogP contribution in [0.2, 0.25) is 6.04 Å². The molecule has 1 atom stereocenters. The summed E-state index contributed by atoms with van der Waals surface area (Å²) in [7, 11) is 0.634. The number of rotatable bonds is 5. The quantitative estimate of drug-likeness (QED) is 0.539. The van der Waals surface area contributed by atoms with E-state index in [2.05, 4.69) is 43.3 Å². The molecule has 2 rings (SSSR count). The molecule has 2 heteroatoms. The Morgan fingerprint density at radius 2 is 2.20 bits per heavy atom. The summed E-state index contributed by atoms with van der Waals surface area (Å²) in [6, 6.07) is 9.65. The predicted octanol–water partition coefficient (Wildman–Crippen LogP) is 3.61. The molecule has 0 heterocycles. The lowest BCUT2D eigenvalue weighted by Crippen LogP contribution is -2.04. The molecule has 0 fully saturated rings. The van der Waals surface area contributed by atoms with Crippen LogP contribution in [0.5, 0.6) is 0 Å². The highest BCUT2D eigenvalue weighted by atomic mass is 28.2. The molecule has 1 aromatic carbocycles. The molecule has 78 valence electrons. The van der Waals surface area contributed by atoms with Crippen LogP contribution in [0.25, 0.3) is 6.08 Å². The van der Waals surface area contributed by atoms with E-state index in [-0.39, 0.29) is 6.10 Å². The van der Waals surface area contributed by atoms with Crippen LogP contribution in [-0.2, 0) is 4.43 Å². The van der Waals surface area contributed by atoms with Crippen molar-refractivity contribution in [2.45, 2.75) is 31.9 Å². The molecular formula is C13H16OSi. The van der Waals surface area contributed by atoms with Crippen molar-refractivity contribution in [3.8, 4) is 0 Å². The molecule has 0 spiro atoms. The Morgan fingerprint density at radius 3 is 3.07 bits per heavy atom.